The molecule has 0 bridgehead atoms. The van der Waals surface area contributed by atoms with Gasteiger partial charge in [-0.25, -0.2) is 4.39 Å². The fourth-order valence-corrected chi connectivity index (χ4v) is 3.43. The second-order valence-corrected chi connectivity index (χ2v) is 7.08. The summed E-state index contributed by atoms with van der Waals surface area (Å²) in [6, 6.07) is 14.7. The first-order valence-corrected chi connectivity index (χ1v) is 9.57. The summed E-state index contributed by atoms with van der Waals surface area (Å²) in [5, 5.41) is 3.30. The van der Waals surface area contributed by atoms with Gasteiger partial charge in [-0.05, 0) is 35.2 Å². The van der Waals surface area contributed by atoms with Crippen LogP contribution in [0.1, 0.15) is 29.5 Å². The molecule has 1 N–H and O–H groups in total. The summed E-state index contributed by atoms with van der Waals surface area (Å²) in [6.07, 6.45) is 1.26. The lowest BCUT2D eigenvalue weighted by atomic mass is 10.1. The summed E-state index contributed by atoms with van der Waals surface area (Å²) in [6.45, 7) is 2.73. The molecule has 0 spiro atoms. The van der Waals surface area contributed by atoms with Gasteiger partial charge < -0.3 is 15.1 Å². The van der Waals surface area contributed by atoms with Crippen LogP contribution in [0.25, 0.3) is 0 Å². The molecule has 1 aliphatic heterocycles. The number of amides is 1. The van der Waals surface area contributed by atoms with E-state index in [0.717, 1.165) is 17.9 Å². The third-order valence-electron chi connectivity index (χ3n) is 4.95. The third-order valence-corrected chi connectivity index (χ3v) is 4.95. The Kier molecular flexibility index (Phi) is 8.88. The first-order chi connectivity index (χ1) is 13.6. The van der Waals surface area contributed by atoms with Crippen LogP contribution in [0.5, 0.6) is 0 Å². The number of guanidine groups is 1. The first kappa shape index (κ1) is 23.1. The van der Waals surface area contributed by atoms with Gasteiger partial charge in [0.1, 0.15) is 5.82 Å². The second-order valence-electron chi connectivity index (χ2n) is 7.08. The highest BCUT2D eigenvalue weighted by Crippen LogP contribution is 2.22. The quantitative estimate of drug-likeness (QED) is 0.279. The Labute approximate surface area is 189 Å². The van der Waals surface area contributed by atoms with Crippen LogP contribution in [-0.4, -0.2) is 42.3 Å². The van der Waals surface area contributed by atoms with Crippen molar-refractivity contribution < 1.29 is 9.18 Å². The van der Waals surface area contributed by atoms with Crippen molar-refractivity contribution in [3.63, 3.8) is 0 Å². The van der Waals surface area contributed by atoms with E-state index >= 15 is 0 Å². The number of halogens is 2. The maximum atomic E-state index is 13.0. The van der Waals surface area contributed by atoms with Crippen molar-refractivity contribution >= 4 is 35.8 Å². The maximum Gasteiger partial charge on any atom is 0.223 e. The van der Waals surface area contributed by atoms with E-state index < -0.39 is 0 Å². The van der Waals surface area contributed by atoms with E-state index in [1.54, 1.807) is 19.2 Å². The largest absolute Gasteiger partial charge is 0.356 e. The molecular weight excluding hydrogens is 482 g/mol. The van der Waals surface area contributed by atoms with Crippen LogP contribution in [0, 0.1) is 5.82 Å². The Morgan fingerprint density at radius 2 is 1.76 bits per heavy atom. The lowest BCUT2D eigenvalue weighted by Gasteiger charge is -2.22. The van der Waals surface area contributed by atoms with E-state index in [4.69, 9.17) is 0 Å². The minimum atomic E-state index is -0.236. The predicted octanol–water partition coefficient (Wildman–Crippen LogP) is 3.77. The zero-order valence-electron chi connectivity index (χ0n) is 16.9. The molecule has 1 aliphatic rings. The summed E-state index contributed by atoms with van der Waals surface area (Å²) in [5.74, 6) is 0.706. The number of benzene rings is 2. The zero-order valence-corrected chi connectivity index (χ0v) is 19.2. The molecule has 0 saturated carbocycles. The standard InChI is InChI=1S/C22H27FN4O.HI/c1-24-22(26(2)14-17-9-11-20(23)12-10-17)25-13-5-8-21(28)27-15-18-6-3-4-7-19(18)16-27;/h3-4,6-7,9-12H,5,8,13-16H2,1-2H3,(H,24,25);1H. The van der Waals surface area contributed by atoms with Gasteiger partial charge in [0.15, 0.2) is 5.96 Å². The SMILES string of the molecule is CN=C(NCCCC(=O)N1Cc2ccccc2C1)N(C)Cc1ccc(F)cc1.I. The number of hydrogen-bond acceptors (Lipinski definition) is 2. The molecule has 29 heavy (non-hydrogen) atoms. The van der Waals surface area contributed by atoms with Crippen molar-refractivity contribution in [1.82, 2.24) is 15.1 Å². The Morgan fingerprint density at radius 3 is 2.34 bits per heavy atom. The Morgan fingerprint density at radius 1 is 1.14 bits per heavy atom. The Hall–Kier alpha value is -2.16. The van der Waals surface area contributed by atoms with Gasteiger partial charge in [-0.2, -0.15) is 0 Å². The number of nitrogens with zero attached hydrogens (tertiary/aromatic N) is 3. The molecule has 1 amide bonds. The summed E-state index contributed by atoms with van der Waals surface area (Å²) in [5.41, 5.74) is 3.50. The van der Waals surface area contributed by atoms with E-state index in [1.165, 1.54) is 23.3 Å². The molecule has 0 aliphatic carbocycles. The molecule has 0 atom stereocenters. The van der Waals surface area contributed by atoms with Gasteiger partial charge >= 0.3 is 0 Å². The molecular formula is C22H28FIN4O. The average Bonchev–Trinajstić information content (AvgIpc) is 3.14. The van der Waals surface area contributed by atoms with Crippen molar-refractivity contribution in [2.75, 3.05) is 20.6 Å². The number of fused-ring (bicyclic) bond motifs is 1. The van der Waals surface area contributed by atoms with Crippen molar-refractivity contribution in [1.29, 1.82) is 0 Å². The molecule has 2 aromatic carbocycles. The maximum absolute atomic E-state index is 13.0. The lowest BCUT2D eigenvalue weighted by molar-refractivity contribution is -0.131. The highest BCUT2D eigenvalue weighted by molar-refractivity contribution is 14.0. The fourth-order valence-electron chi connectivity index (χ4n) is 3.43. The molecule has 0 fully saturated rings. The summed E-state index contributed by atoms with van der Waals surface area (Å²) >= 11 is 0. The van der Waals surface area contributed by atoms with Gasteiger partial charge in [-0.1, -0.05) is 36.4 Å². The normalized spacial score (nSPS) is 12.9. The minimum Gasteiger partial charge on any atom is -0.356 e. The number of aliphatic imine (C=N–C) groups is 1. The van der Waals surface area contributed by atoms with E-state index in [-0.39, 0.29) is 35.7 Å². The summed E-state index contributed by atoms with van der Waals surface area (Å²) < 4.78 is 13.0. The fraction of sp³-hybridized carbons (Fsp3) is 0.364. The van der Waals surface area contributed by atoms with Gasteiger partial charge in [-0.3, -0.25) is 9.79 Å². The van der Waals surface area contributed by atoms with E-state index in [0.29, 0.717) is 32.6 Å². The van der Waals surface area contributed by atoms with Crippen LogP contribution >= 0.6 is 24.0 Å². The Bertz CT molecular complexity index is 816. The summed E-state index contributed by atoms with van der Waals surface area (Å²) in [7, 11) is 3.67. The zero-order chi connectivity index (χ0) is 19.9. The molecule has 0 aromatic heterocycles. The number of carbonyl (C=O) groups excluding carboxylic acids is 1. The molecule has 2 aromatic rings. The average molecular weight is 510 g/mol. The molecule has 0 radical (unpaired) electrons. The molecule has 3 rings (SSSR count). The van der Waals surface area contributed by atoms with Crippen molar-refractivity contribution in [2.24, 2.45) is 4.99 Å². The minimum absolute atomic E-state index is 0. The topological polar surface area (TPSA) is 47.9 Å². The molecule has 7 heteroatoms. The molecule has 5 nitrogen and oxygen atoms in total. The van der Waals surface area contributed by atoms with Gasteiger partial charge in [0.2, 0.25) is 5.91 Å². The smallest absolute Gasteiger partial charge is 0.223 e. The second kappa shape index (κ2) is 11.1. The predicted molar refractivity (Wildman–Crippen MR) is 125 cm³/mol. The van der Waals surface area contributed by atoms with Crippen LogP contribution in [0.15, 0.2) is 53.5 Å². The van der Waals surface area contributed by atoms with Crippen LogP contribution in [0.2, 0.25) is 0 Å². The van der Waals surface area contributed by atoms with Crippen LogP contribution in [-0.2, 0) is 24.4 Å². The highest BCUT2D eigenvalue weighted by atomic mass is 127. The molecule has 0 saturated heterocycles. The van der Waals surface area contributed by atoms with Gasteiger partial charge in [-0.15, -0.1) is 24.0 Å². The van der Waals surface area contributed by atoms with Crippen LogP contribution < -0.4 is 5.32 Å². The molecule has 1 heterocycles. The number of carbonyl (C=O) groups is 1. The Balaban J connectivity index is 0.00000300. The number of nitrogens with one attached hydrogen (secondary N) is 1. The van der Waals surface area contributed by atoms with Crippen molar-refractivity contribution in [3.05, 3.63) is 71.0 Å². The summed E-state index contributed by atoms with van der Waals surface area (Å²) in [4.78, 5) is 20.6. The highest BCUT2D eigenvalue weighted by Gasteiger charge is 2.22. The molecule has 156 valence electrons. The lowest BCUT2D eigenvalue weighted by Crippen LogP contribution is -2.39. The number of hydrogen-bond donors (Lipinski definition) is 1. The first-order valence-electron chi connectivity index (χ1n) is 9.57. The monoisotopic (exact) mass is 510 g/mol. The van der Waals surface area contributed by atoms with Gasteiger partial charge in [0.25, 0.3) is 0 Å². The molecule has 0 unspecified atom stereocenters. The van der Waals surface area contributed by atoms with Crippen molar-refractivity contribution in [2.45, 2.75) is 32.5 Å². The van der Waals surface area contributed by atoms with E-state index in [1.807, 2.05) is 29.0 Å². The van der Waals surface area contributed by atoms with Gasteiger partial charge in [0, 0.05) is 46.7 Å². The van der Waals surface area contributed by atoms with E-state index in [2.05, 4.69) is 22.4 Å². The van der Waals surface area contributed by atoms with Gasteiger partial charge in [0.05, 0.1) is 0 Å². The van der Waals surface area contributed by atoms with Crippen molar-refractivity contribution in [3.8, 4) is 0 Å². The number of rotatable bonds is 6. The third kappa shape index (κ3) is 6.42. The van der Waals surface area contributed by atoms with E-state index in [9.17, 15) is 9.18 Å². The van der Waals surface area contributed by atoms with Crippen LogP contribution in [0.4, 0.5) is 4.39 Å². The van der Waals surface area contributed by atoms with Crippen LogP contribution in [0.3, 0.4) is 0 Å².